The first-order chi connectivity index (χ1) is 8.58. The van der Waals surface area contributed by atoms with Gasteiger partial charge in [0, 0.05) is 37.8 Å². The van der Waals surface area contributed by atoms with Crippen molar-refractivity contribution in [3.05, 3.63) is 33.9 Å². The molecule has 0 bridgehead atoms. The van der Waals surface area contributed by atoms with Crippen LogP contribution in [0.3, 0.4) is 0 Å². The monoisotopic (exact) mass is 309 g/mol. The van der Waals surface area contributed by atoms with E-state index in [1.54, 1.807) is 0 Å². The van der Waals surface area contributed by atoms with Gasteiger partial charge in [-0.15, -0.1) is 0 Å². The molecule has 0 radical (unpaired) electrons. The second-order valence-electron chi connectivity index (χ2n) is 4.11. The summed E-state index contributed by atoms with van der Waals surface area (Å²) in [4.78, 5) is 8.70. The van der Waals surface area contributed by atoms with Crippen molar-refractivity contribution in [1.82, 2.24) is 19.7 Å². The fourth-order valence-electron chi connectivity index (χ4n) is 1.72. The lowest BCUT2D eigenvalue weighted by molar-refractivity contribution is 0.756. The van der Waals surface area contributed by atoms with Crippen LogP contribution < -0.4 is 5.32 Å². The molecule has 0 fully saturated rings. The first kappa shape index (κ1) is 13.0. The van der Waals surface area contributed by atoms with Gasteiger partial charge in [-0.1, -0.05) is 6.92 Å². The van der Waals surface area contributed by atoms with Gasteiger partial charge in [-0.25, -0.2) is 9.97 Å². The number of anilines is 1. The van der Waals surface area contributed by atoms with Crippen LogP contribution in [0.1, 0.15) is 24.0 Å². The van der Waals surface area contributed by atoms with Crippen molar-refractivity contribution in [3.63, 3.8) is 0 Å². The normalized spacial score (nSPS) is 10.7. The summed E-state index contributed by atoms with van der Waals surface area (Å²) in [6.45, 7) is 4.76. The number of halogens is 1. The van der Waals surface area contributed by atoms with Crippen LogP contribution in [0.25, 0.3) is 0 Å². The maximum absolute atomic E-state index is 4.42. The third-order valence-electron chi connectivity index (χ3n) is 2.63. The first-order valence-corrected chi connectivity index (χ1v) is 6.64. The number of nitrogens with zero attached hydrogens (tertiary/aromatic N) is 4. The van der Waals surface area contributed by atoms with E-state index in [1.807, 2.05) is 37.8 Å². The molecule has 0 atom stereocenters. The van der Waals surface area contributed by atoms with Crippen LogP contribution in [0, 0.1) is 6.92 Å². The van der Waals surface area contributed by atoms with Crippen LogP contribution in [0.4, 0.5) is 5.82 Å². The zero-order valence-electron chi connectivity index (χ0n) is 10.7. The van der Waals surface area contributed by atoms with Crippen LogP contribution in [0.5, 0.6) is 0 Å². The summed E-state index contributed by atoms with van der Waals surface area (Å²) >= 11 is 3.39. The summed E-state index contributed by atoms with van der Waals surface area (Å²) in [5.74, 6) is 1.66. The van der Waals surface area contributed by atoms with Gasteiger partial charge in [0.15, 0.2) is 0 Å². The second kappa shape index (κ2) is 5.48. The van der Waals surface area contributed by atoms with Crippen molar-refractivity contribution in [2.75, 3.05) is 5.32 Å². The molecule has 2 aromatic heterocycles. The molecule has 0 aliphatic carbocycles. The lowest BCUT2D eigenvalue weighted by atomic mass is 10.2. The highest BCUT2D eigenvalue weighted by Gasteiger charge is 2.05. The molecule has 6 heteroatoms. The second-order valence-corrected chi connectivity index (χ2v) is 4.93. The van der Waals surface area contributed by atoms with E-state index in [-0.39, 0.29) is 0 Å². The van der Waals surface area contributed by atoms with Gasteiger partial charge in [0.1, 0.15) is 16.2 Å². The van der Waals surface area contributed by atoms with Crippen LogP contribution >= 0.6 is 15.9 Å². The van der Waals surface area contributed by atoms with E-state index in [0.717, 1.165) is 28.4 Å². The molecule has 5 nitrogen and oxygen atoms in total. The predicted molar refractivity (Wildman–Crippen MR) is 74.4 cm³/mol. The quantitative estimate of drug-likeness (QED) is 0.881. The number of hydrogen-bond acceptors (Lipinski definition) is 4. The van der Waals surface area contributed by atoms with Crippen LogP contribution in [-0.2, 0) is 20.0 Å². The van der Waals surface area contributed by atoms with E-state index >= 15 is 0 Å². The van der Waals surface area contributed by atoms with Crippen LogP contribution in [0.2, 0.25) is 0 Å². The maximum atomic E-state index is 4.42. The fourth-order valence-corrected chi connectivity index (χ4v) is 2.14. The SMILES string of the molecule is CCc1nc(Br)cc(NCc2cn(C)nc2C)n1. The maximum Gasteiger partial charge on any atom is 0.131 e. The number of hydrogen-bond donors (Lipinski definition) is 1. The van der Waals surface area contributed by atoms with Crippen molar-refractivity contribution < 1.29 is 0 Å². The first-order valence-electron chi connectivity index (χ1n) is 5.85. The van der Waals surface area contributed by atoms with Crippen molar-refractivity contribution in [1.29, 1.82) is 0 Å². The average Bonchev–Trinajstić information content (AvgIpc) is 2.64. The lowest BCUT2D eigenvalue weighted by Gasteiger charge is -2.06. The van der Waals surface area contributed by atoms with Gasteiger partial charge in [0.05, 0.1) is 5.69 Å². The van der Waals surface area contributed by atoms with Crippen molar-refractivity contribution in [3.8, 4) is 0 Å². The van der Waals surface area contributed by atoms with Gasteiger partial charge in [0.25, 0.3) is 0 Å². The van der Waals surface area contributed by atoms with Gasteiger partial charge in [-0.2, -0.15) is 5.10 Å². The number of nitrogens with one attached hydrogen (secondary N) is 1. The molecular weight excluding hydrogens is 294 g/mol. The molecule has 0 amide bonds. The highest BCUT2D eigenvalue weighted by Crippen LogP contribution is 2.14. The highest BCUT2D eigenvalue weighted by atomic mass is 79.9. The molecular formula is C12H16BrN5. The standard InChI is InChI=1S/C12H16BrN5/c1-4-11-15-10(13)5-12(16-11)14-6-9-7-18(3)17-8(9)2/h5,7H,4,6H2,1-3H3,(H,14,15,16). The minimum absolute atomic E-state index is 0.715. The molecule has 0 saturated carbocycles. The molecule has 0 spiro atoms. The molecule has 0 unspecified atom stereocenters. The summed E-state index contributed by atoms with van der Waals surface area (Å²) in [5, 5.41) is 7.61. The Morgan fingerprint density at radius 1 is 1.39 bits per heavy atom. The lowest BCUT2D eigenvalue weighted by Crippen LogP contribution is -2.04. The van der Waals surface area contributed by atoms with E-state index in [0.29, 0.717) is 6.54 Å². The number of aromatic nitrogens is 4. The Kier molecular flexibility index (Phi) is 3.96. The molecule has 18 heavy (non-hydrogen) atoms. The van der Waals surface area contributed by atoms with Gasteiger partial charge < -0.3 is 5.32 Å². The zero-order chi connectivity index (χ0) is 13.1. The van der Waals surface area contributed by atoms with Gasteiger partial charge in [0.2, 0.25) is 0 Å². The molecule has 0 saturated heterocycles. The smallest absolute Gasteiger partial charge is 0.131 e. The Bertz CT molecular complexity index is 549. The predicted octanol–water partition coefficient (Wildman–Crippen LogP) is 2.46. The topological polar surface area (TPSA) is 55.6 Å². The minimum Gasteiger partial charge on any atom is -0.366 e. The van der Waals surface area contributed by atoms with E-state index in [1.165, 1.54) is 5.56 Å². The molecule has 0 aliphatic heterocycles. The third kappa shape index (κ3) is 3.07. The molecule has 0 aromatic carbocycles. The van der Waals surface area contributed by atoms with Crippen molar-refractivity contribution >= 4 is 21.7 Å². The van der Waals surface area contributed by atoms with Gasteiger partial charge >= 0.3 is 0 Å². The van der Waals surface area contributed by atoms with E-state index in [2.05, 4.69) is 36.3 Å². The summed E-state index contributed by atoms with van der Waals surface area (Å²) < 4.78 is 2.62. The highest BCUT2D eigenvalue weighted by molar-refractivity contribution is 9.10. The fraction of sp³-hybridized carbons (Fsp3) is 0.417. The molecule has 96 valence electrons. The van der Waals surface area contributed by atoms with Gasteiger partial charge in [-0.05, 0) is 22.9 Å². The Balaban J connectivity index is 2.10. The van der Waals surface area contributed by atoms with Gasteiger partial charge in [-0.3, -0.25) is 4.68 Å². The Morgan fingerprint density at radius 3 is 2.78 bits per heavy atom. The summed E-state index contributed by atoms with van der Waals surface area (Å²) in [5.41, 5.74) is 2.21. The minimum atomic E-state index is 0.715. The Hall–Kier alpha value is -1.43. The average molecular weight is 310 g/mol. The molecule has 2 rings (SSSR count). The van der Waals surface area contributed by atoms with Crippen molar-refractivity contribution in [2.24, 2.45) is 7.05 Å². The summed E-state index contributed by atoms with van der Waals surface area (Å²) in [6.07, 6.45) is 2.83. The summed E-state index contributed by atoms with van der Waals surface area (Å²) in [6, 6.07) is 1.88. The van der Waals surface area contributed by atoms with Crippen LogP contribution in [0.15, 0.2) is 16.9 Å². The summed E-state index contributed by atoms with van der Waals surface area (Å²) in [7, 11) is 1.92. The van der Waals surface area contributed by atoms with E-state index in [4.69, 9.17) is 0 Å². The molecule has 0 aliphatic rings. The Labute approximate surface area is 115 Å². The third-order valence-corrected chi connectivity index (χ3v) is 3.04. The molecule has 2 aromatic rings. The molecule has 1 N–H and O–H groups in total. The van der Waals surface area contributed by atoms with Crippen LogP contribution in [-0.4, -0.2) is 19.7 Å². The zero-order valence-corrected chi connectivity index (χ0v) is 12.3. The van der Waals surface area contributed by atoms with E-state index < -0.39 is 0 Å². The largest absolute Gasteiger partial charge is 0.366 e. The van der Waals surface area contributed by atoms with E-state index in [9.17, 15) is 0 Å². The number of aryl methyl sites for hydroxylation is 3. The van der Waals surface area contributed by atoms with Crippen molar-refractivity contribution in [2.45, 2.75) is 26.8 Å². The Morgan fingerprint density at radius 2 is 2.17 bits per heavy atom. The number of rotatable bonds is 4. The molecule has 2 heterocycles.